The summed E-state index contributed by atoms with van der Waals surface area (Å²) in [5.74, 6) is 0. The van der Waals surface area contributed by atoms with Gasteiger partial charge in [0.1, 0.15) is 0 Å². The number of methoxy groups -OCH3 is 1. The maximum atomic E-state index is 5.17. The Morgan fingerprint density at radius 2 is 2.00 bits per heavy atom. The number of hydrazone groups is 1. The highest BCUT2D eigenvalue weighted by molar-refractivity contribution is 7.80. The fourth-order valence-electron chi connectivity index (χ4n) is 2.64. The van der Waals surface area contributed by atoms with Crippen molar-refractivity contribution in [3.63, 3.8) is 0 Å². The molecule has 1 fully saturated rings. The normalized spacial score (nSPS) is 16.3. The number of hydrogen-bond acceptors (Lipinski definition) is 4. The van der Waals surface area contributed by atoms with Gasteiger partial charge >= 0.3 is 0 Å². The second-order valence-corrected chi connectivity index (χ2v) is 6.25. The van der Waals surface area contributed by atoms with Gasteiger partial charge in [-0.15, -0.1) is 0 Å². The van der Waals surface area contributed by atoms with Gasteiger partial charge in [-0.25, -0.2) is 0 Å². The molecule has 0 aliphatic carbocycles. The van der Waals surface area contributed by atoms with Gasteiger partial charge < -0.3 is 15.0 Å². The van der Waals surface area contributed by atoms with Crippen LogP contribution in [0.4, 0.5) is 5.69 Å². The smallest absolute Gasteiger partial charge is 0.187 e. The molecule has 0 saturated carbocycles. The fourth-order valence-corrected chi connectivity index (χ4v) is 2.89. The molecule has 2 N–H and O–H groups in total. The summed E-state index contributed by atoms with van der Waals surface area (Å²) in [6.07, 6.45) is 5.71. The molecule has 1 aliphatic heterocycles. The van der Waals surface area contributed by atoms with Gasteiger partial charge in [-0.1, -0.05) is 12.1 Å². The summed E-state index contributed by atoms with van der Waals surface area (Å²) in [7, 11) is 1.67. The lowest BCUT2D eigenvalue weighted by Crippen LogP contribution is -2.40. The van der Waals surface area contributed by atoms with Gasteiger partial charge in [-0.3, -0.25) is 5.43 Å². The van der Waals surface area contributed by atoms with E-state index in [9.17, 15) is 0 Å². The molecule has 1 atom stereocenters. The molecule has 1 heterocycles. The van der Waals surface area contributed by atoms with E-state index in [2.05, 4.69) is 45.0 Å². The molecule has 5 nitrogen and oxygen atoms in total. The third kappa shape index (κ3) is 6.15. The quantitative estimate of drug-likeness (QED) is 0.476. The molecule has 0 unspecified atom stereocenters. The van der Waals surface area contributed by atoms with Gasteiger partial charge in [0.05, 0.1) is 12.8 Å². The van der Waals surface area contributed by atoms with Crippen molar-refractivity contribution in [2.45, 2.75) is 32.2 Å². The molecule has 23 heavy (non-hydrogen) atoms. The van der Waals surface area contributed by atoms with Gasteiger partial charge in [0, 0.05) is 31.9 Å². The number of hydrogen-bond donors (Lipinski definition) is 2. The summed E-state index contributed by atoms with van der Waals surface area (Å²) in [5, 5.41) is 7.75. The standard InChI is InChI=1S/C17H26N4OS/c1-14(13-22-2)19-17(23)20-18-12-15-6-8-16(9-7-15)21-10-4-3-5-11-21/h6-9,12,14H,3-5,10-11,13H2,1-2H3,(H2,19,20,23)/b18-12-/t14-/m0/s1. The van der Waals surface area contributed by atoms with Gasteiger partial charge in [0.15, 0.2) is 5.11 Å². The molecular weight excluding hydrogens is 308 g/mol. The maximum Gasteiger partial charge on any atom is 0.187 e. The van der Waals surface area contributed by atoms with E-state index in [4.69, 9.17) is 17.0 Å². The minimum absolute atomic E-state index is 0.152. The lowest BCUT2D eigenvalue weighted by Gasteiger charge is -2.28. The van der Waals surface area contributed by atoms with Crippen LogP contribution >= 0.6 is 12.2 Å². The molecule has 0 radical (unpaired) electrons. The topological polar surface area (TPSA) is 48.9 Å². The van der Waals surface area contributed by atoms with Gasteiger partial charge in [0.2, 0.25) is 0 Å². The van der Waals surface area contributed by atoms with Crippen LogP contribution in [0.25, 0.3) is 0 Å². The highest BCUT2D eigenvalue weighted by atomic mass is 32.1. The first-order valence-corrected chi connectivity index (χ1v) is 8.53. The van der Waals surface area contributed by atoms with Crippen LogP contribution in [0.3, 0.4) is 0 Å². The van der Waals surface area contributed by atoms with Crippen molar-refractivity contribution in [1.82, 2.24) is 10.7 Å². The van der Waals surface area contributed by atoms with Crippen molar-refractivity contribution in [3.05, 3.63) is 29.8 Å². The zero-order chi connectivity index (χ0) is 16.5. The molecular formula is C17H26N4OS. The zero-order valence-corrected chi connectivity index (χ0v) is 14.7. The number of piperidine rings is 1. The number of nitrogens with zero attached hydrogens (tertiary/aromatic N) is 2. The lowest BCUT2D eigenvalue weighted by molar-refractivity contribution is 0.179. The first kappa shape index (κ1) is 17.7. The molecule has 0 bridgehead atoms. The maximum absolute atomic E-state index is 5.17. The van der Waals surface area contributed by atoms with E-state index < -0.39 is 0 Å². The highest BCUT2D eigenvalue weighted by Gasteiger charge is 2.10. The largest absolute Gasteiger partial charge is 0.383 e. The Morgan fingerprint density at radius 1 is 1.30 bits per heavy atom. The van der Waals surface area contributed by atoms with E-state index in [0.717, 1.165) is 18.7 Å². The Kier molecular flexibility index (Phi) is 7.29. The molecule has 126 valence electrons. The van der Waals surface area contributed by atoms with Crippen LogP contribution in [0.1, 0.15) is 31.7 Å². The average Bonchev–Trinajstić information content (AvgIpc) is 2.56. The molecule has 1 saturated heterocycles. The summed E-state index contributed by atoms with van der Waals surface area (Å²) < 4.78 is 5.05. The lowest BCUT2D eigenvalue weighted by atomic mass is 10.1. The van der Waals surface area contributed by atoms with Crippen LogP contribution in [0, 0.1) is 0 Å². The summed E-state index contributed by atoms with van der Waals surface area (Å²) in [6.45, 7) is 4.92. The average molecular weight is 334 g/mol. The molecule has 6 heteroatoms. The number of benzene rings is 1. The van der Waals surface area contributed by atoms with E-state index in [1.54, 1.807) is 13.3 Å². The van der Waals surface area contributed by atoms with Crippen molar-refractivity contribution >= 4 is 29.2 Å². The van der Waals surface area contributed by atoms with Crippen LogP contribution in [0.2, 0.25) is 0 Å². The third-order valence-corrected chi connectivity index (χ3v) is 4.00. The Labute approximate surface area is 144 Å². The molecule has 0 aromatic heterocycles. The molecule has 1 aromatic rings. The summed E-state index contributed by atoms with van der Waals surface area (Å²) in [5.41, 5.74) is 5.16. The molecule has 0 amide bonds. The van der Waals surface area contributed by atoms with Crippen molar-refractivity contribution in [2.75, 3.05) is 31.7 Å². The minimum atomic E-state index is 0.152. The van der Waals surface area contributed by atoms with E-state index in [0.29, 0.717) is 11.7 Å². The summed E-state index contributed by atoms with van der Waals surface area (Å²) in [4.78, 5) is 2.44. The van der Waals surface area contributed by atoms with Gasteiger partial charge in [-0.2, -0.15) is 5.10 Å². The summed E-state index contributed by atoms with van der Waals surface area (Å²) >= 11 is 5.17. The Balaban J connectivity index is 1.79. The molecule has 1 aliphatic rings. The number of thiocarbonyl (C=S) groups is 1. The van der Waals surface area contributed by atoms with Crippen LogP contribution in [-0.4, -0.2) is 44.2 Å². The van der Waals surface area contributed by atoms with Crippen molar-refractivity contribution in [1.29, 1.82) is 0 Å². The van der Waals surface area contributed by atoms with E-state index in [1.807, 2.05) is 6.92 Å². The molecule has 0 spiro atoms. The number of anilines is 1. The number of ether oxygens (including phenoxy) is 1. The SMILES string of the molecule is COC[C@H](C)NC(=S)N/N=C\c1ccc(N2CCCCC2)cc1. The highest BCUT2D eigenvalue weighted by Crippen LogP contribution is 2.19. The van der Waals surface area contributed by atoms with Gasteiger partial charge in [-0.05, 0) is 56.1 Å². The first-order valence-electron chi connectivity index (χ1n) is 8.12. The van der Waals surface area contributed by atoms with E-state index in [1.165, 1.54) is 24.9 Å². The Hall–Kier alpha value is -1.66. The second-order valence-electron chi connectivity index (χ2n) is 5.84. The zero-order valence-electron chi connectivity index (χ0n) is 13.9. The van der Waals surface area contributed by atoms with Crippen LogP contribution in [0.5, 0.6) is 0 Å². The monoisotopic (exact) mass is 334 g/mol. The third-order valence-electron chi connectivity index (χ3n) is 3.79. The number of nitrogens with one attached hydrogen (secondary N) is 2. The van der Waals surface area contributed by atoms with Crippen molar-refractivity contribution < 1.29 is 4.74 Å². The van der Waals surface area contributed by atoms with Crippen LogP contribution < -0.4 is 15.6 Å². The molecule has 1 aromatic carbocycles. The number of rotatable bonds is 6. The molecule has 2 rings (SSSR count). The second kappa shape index (κ2) is 9.47. The predicted octanol–water partition coefficient (Wildman–Crippen LogP) is 2.51. The van der Waals surface area contributed by atoms with Crippen LogP contribution in [0.15, 0.2) is 29.4 Å². The van der Waals surface area contributed by atoms with E-state index in [-0.39, 0.29) is 6.04 Å². The van der Waals surface area contributed by atoms with Crippen molar-refractivity contribution in [3.8, 4) is 0 Å². The van der Waals surface area contributed by atoms with Gasteiger partial charge in [0.25, 0.3) is 0 Å². The summed E-state index contributed by atoms with van der Waals surface area (Å²) in [6, 6.07) is 8.63. The Bertz CT molecular complexity index is 512. The fraction of sp³-hybridized carbons (Fsp3) is 0.529. The van der Waals surface area contributed by atoms with E-state index >= 15 is 0 Å². The predicted molar refractivity (Wildman–Crippen MR) is 100 cm³/mol. The van der Waals surface area contributed by atoms with Crippen LogP contribution in [-0.2, 0) is 4.74 Å². The Morgan fingerprint density at radius 3 is 2.65 bits per heavy atom. The first-order chi connectivity index (χ1) is 11.2. The van der Waals surface area contributed by atoms with Crippen molar-refractivity contribution in [2.24, 2.45) is 5.10 Å². The minimum Gasteiger partial charge on any atom is -0.383 e.